The first-order valence-electron chi connectivity index (χ1n) is 3.39. The molecule has 0 spiro atoms. The molecular weight excluding hydrogens is 762 g/mol. The van der Waals surface area contributed by atoms with Crippen LogP contribution in [0.5, 0.6) is 0 Å². The van der Waals surface area contributed by atoms with Crippen molar-refractivity contribution >= 4 is 49.5 Å². The molecule has 0 aliphatic heterocycles. The normalized spacial score (nSPS) is 10.2. The molecule has 18 nitrogen and oxygen atoms in total. The third kappa shape index (κ3) is 2250. The maximum absolute atomic E-state index is 8.59. The van der Waals surface area contributed by atoms with Crippen LogP contribution in [0.2, 0.25) is 0 Å². The van der Waals surface area contributed by atoms with Crippen molar-refractivity contribution in [1.29, 1.82) is 0 Å². The van der Waals surface area contributed by atoms with Gasteiger partial charge in [0, 0.05) is 0 Å². The maximum atomic E-state index is 8.59. The third-order valence-corrected chi connectivity index (χ3v) is 0. The van der Waals surface area contributed by atoms with Crippen molar-refractivity contribution in [2.45, 2.75) is 0 Å². The topological polar surface area (TPSA) is 362 Å². The van der Waals surface area contributed by atoms with E-state index >= 15 is 0 Å². The second-order valence-electron chi connectivity index (χ2n) is 1.43. The van der Waals surface area contributed by atoms with E-state index in [4.69, 9.17) is 86.1 Å². The molecule has 6 N–H and O–H groups in total. The Balaban J connectivity index is -0.0000000245. The first-order chi connectivity index (χ1) is 10.4. The average molecular weight is 768 g/mol. The fraction of sp³-hybridized carbons (Fsp3) is 0. The Hall–Kier alpha value is 2.82. The van der Waals surface area contributed by atoms with Crippen molar-refractivity contribution in [3.63, 3.8) is 0 Å². The third-order valence-electron chi connectivity index (χ3n) is 0. The van der Waals surface area contributed by atoms with Crippen molar-refractivity contribution in [2.75, 3.05) is 0 Å². The van der Waals surface area contributed by atoms with Crippen molar-refractivity contribution in [3.05, 3.63) is 0 Å². The van der Waals surface area contributed by atoms with Gasteiger partial charge >= 0.3 is 131 Å². The predicted octanol–water partition coefficient (Wildman–Crippen LogP) is -6.02. The summed E-state index contributed by atoms with van der Waals surface area (Å²) in [6, 6.07) is 0. The van der Waals surface area contributed by atoms with Crippen molar-refractivity contribution in [2.24, 2.45) is 0 Å². The van der Waals surface area contributed by atoms with Gasteiger partial charge in [-0.25, -0.2) is 0 Å². The van der Waals surface area contributed by atoms with Crippen molar-refractivity contribution < 1.29 is 168 Å². The van der Waals surface area contributed by atoms with Gasteiger partial charge in [0.05, 0.1) is 0 Å². The van der Waals surface area contributed by atoms with Crippen LogP contribution < -0.4 is 29.4 Å². The molecule has 0 rings (SSSR count). The minimum atomic E-state index is -3.12. The molecule has 0 saturated carbocycles. The Morgan fingerprint density at radius 2 is 0.346 bits per heavy atom. The molecule has 0 aromatic rings. The van der Waals surface area contributed by atoms with Crippen LogP contribution in [-0.4, -0.2) is 29.4 Å². The van der Waals surface area contributed by atoms with Gasteiger partial charge in [-0.1, -0.05) is 0 Å². The van der Waals surface area contributed by atoms with Crippen LogP contribution in [0, 0.1) is 81.7 Å². The molecule has 0 saturated heterocycles. The molecule has 0 aliphatic carbocycles. The van der Waals surface area contributed by atoms with Gasteiger partial charge in [-0.2, -0.15) is 29.4 Å². The second-order valence-corrected chi connectivity index (χ2v) is 4.28. The van der Waals surface area contributed by atoms with E-state index in [0.717, 1.165) is 0 Å². The summed E-state index contributed by atoms with van der Waals surface area (Å²) in [6.45, 7) is 0. The standard InChI is InChI=1S/2Nd.6HO3P/c;;6*1-4(2)3/h;;6*(H,1,2,3)/q2*+3;;;;;;. The molecule has 26 heavy (non-hydrogen) atoms. The van der Waals surface area contributed by atoms with Crippen LogP contribution >= 0.6 is 49.5 Å². The second kappa shape index (κ2) is 46.2. The van der Waals surface area contributed by atoms with E-state index in [1.807, 2.05) is 0 Å². The summed E-state index contributed by atoms with van der Waals surface area (Å²) < 4.78 is 51.6. The smallest absolute Gasteiger partial charge is 0.567 e. The van der Waals surface area contributed by atoms with Crippen molar-refractivity contribution in [1.82, 2.24) is 0 Å². The molecular formula is H6Nd2O18P6+6. The Labute approximate surface area is 214 Å². The Kier molecular flexibility index (Phi) is 91.4. The van der Waals surface area contributed by atoms with Crippen LogP contribution in [0.3, 0.4) is 0 Å². The van der Waals surface area contributed by atoms with Gasteiger partial charge in [-0.15, -0.1) is 0 Å². The van der Waals surface area contributed by atoms with Gasteiger partial charge < -0.3 is 29.4 Å². The number of hydrogen-bond donors (Lipinski definition) is 6. The molecule has 0 aromatic carbocycles. The van der Waals surface area contributed by atoms with Crippen LogP contribution in [0.1, 0.15) is 0 Å². The summed E-state index contributed by atoms with van der Waals surface area (Å²) in [6.07, 6.45) is 0. The average Bonchev–Trinajstić information content (AvgIpc) is 2.08. The molecule has 0 amide bonds. The number of rotatable bonds is 0. The zero-order valence-electron chi connectivity index (χ0n) is 11.3. The van der Waals surface area contributed by atoms with Gasteiger partial charge in [-0.05, 0) is 27.4 Å². The van der Waals surface area contributed by atoms with Gasteiger partial charge in [0.25, 0.3) is 0 Å². The molecule has 0 aliphatic rings. The van der Waals surface area contributed by atoms with Gasteiger partial charge in [0.15, 0.2) is 0 Å². The van der Waals surface area contributed by atoms with E-state index in [-0.39, 0.29) is 81.7 Å². The van der Waals surface area contributed by atoms with E-state index in [1.165, 1.54) is 0 Å². The Bertz CT molecular complexity index is 261. The summed E-state index contributed by atoms with van der Waals surface area (Å²) in [4.78, 5) is 93.6. The van der Waals surface area contributed by atoms with E-state index in [9.17, 15) is 0 Å². The van der Waals surface area contributed by atoms with Crippen LogP contribution in [0.15, 0.2) is 0 Å². The van der Waals surface area contributed by atoms with Crippen molar-refractivity contribution in [3.8, 4) is 0 Å². The quantitative estimate of drug-likeness (QED) is 0.125. The first kappa shape index (κ1) is 51.5. The minimum absolute atomic E-state index is 0. The molecule has 6 unspecified atom stereocenters. The van der Waals surface area contributed by atoms with E-state index in [1.54, 1.807) is 0 Å². The zero-order valence-corrected chi connectivity index (χ0v) is 23.0. The molecule has 6 atom stereocenters. The number of hydrogen-bond acceptors (Lipinski definition) is 12. The summed E-state index contributed by atoms with van der Waals surface area (Å²) >= 11 is 0. The summed E-state index contributed by atoms with van der Waals surface area (Å²) in [5.41, 5.74) is 0. The van der Waals surface area contributed by atoms with Crippen LogP contribution in [0.25, 0.3) is 0 Å². The largest absolute Gasteiger partial charge is 3.00 e. The molecule has 26 heteroatoms. The zero-order chi connectivity index (χ0) is 21.5. The van der Waals surface area contributed by atoms with Crippen LogP contribution in [-0.2, 0) is 27.4 Å². The van der Waals surface area contributed by atoms with Crippen LogP contribution in [0.4, 0.5) is 0 Å². The SMILES string of the molecule is O=[P+]([O-])O.O=[P+]([O-])O.O=[P+]([O-])O.O=[P+]([O-])O.O=[P+]([O-])O.O=[P+]([O-])O.[Nd+3].[Nd+3]. The van der Waals surface area contributed by atoms with E-state index in [2.05, 4.69) is 0 Å². The molecule has 0 heterocycles. The van der Waals surface area contributed by atoms with E-state index < -0.39 is 49.5 Å². The summed E-state index contributed by atoms with van der Waals surface area (Å²) in [7, 11) is -18.7. The minimum Gasteiger partial charge on any atom is -0.567 e. The van der Waals surface area contributed by atoms with Gasteiger partial charge in [0.1, 0.15) is 0 Å². The monoisotopic (exact) mass is 764 g/mol. The summed E-state index contributed by atoms with van der Waals surface area (Å²) in [5, 5.41) is 0. The molecule has 0 fully saturated rings. The fourth-order valence-electron chi connectivity index (χ4n) is 0. The van der Waals surface area contributed by atoms with E-state index in [0.29, 0.717) is 0 Å². The molecule has 0 aromatic heterocycles. The molecule has 146 valence electrons. The summed E-state index contributed by atoms with van der Waals surface area (Å²) in [5.74, 6) is 0. The Morgan fingerprint density at radius 1 is 0.346 bits per heavy atom. The fourth-order valence-corrected chi connectivity index (χ4v) is 0. The molecule has 0 bridgehead atoms. The maximum Gasteiger partial charge on any atom is 3.00 e. The van der Waals surface area contributed by atoms with Gasteiger partial charge in [0.2, 0.25) is 0 Å². The molecule has 2 radical (unpaired) electrons. The predicted molar refractivity (Wildman–Crippen MR) is 59.0 cm³/mol. The van der Waals surface area contributed by atoms with Gasteiger partial charge in [-0.3, -0.25) is 0 Å². The Morgan fingerprint density at radius 3 is 0.346 bits per heavy atom. The first-order valence-corrected chi connectivity index (χ1v) is 10.2.